The SMILES string of the molecule is COc1ccc(C(=O)C=CNc2cccc(C(F)(F)F)c2)cc1. The van der Waals surface area contributed by atoms with Crippen molar-refractivity contribution in [3.8, 4) is 5.75 Å². The second kappa shape index (κ2) is 7.00. The van der Waals surface area contributed by atoms with Gasteiger partial charge in [-0.15, -0.1) is 0 Å². The molecule has 0 radical (unpaired) electrons. The van der Waals surface area contributed by atoms with Gasteiger partial charge >= 0.3 is 6.18 Å². The number of ketones is 1. The van der Waals surface area contributed by atoms with E-state index in [1.807, 2.05) is 0 Å². The van der Waals surface area contributed by atoms with Gasteiger partial charge in [0.05, 0.1) is 12.7 Å². The Morgan fingerprint density at radius 1 is 1.13 bits per heavy atom. The van der Waals surface area contributed by atoms with Crippen LogP contribution in [0.1, 0.15) is 15.9 Å². The first-order valence-electron chi connectivity index (χ1n) is 6.69. The van der Waals surface area contributed by atoms with Gasteiger partial charge in [-0.25, -0.2) is 0 Å². The van der Waals surface area contributed by atoms with Crippen LogP contribution in [0.2, 0.25) is 0 Å². The predicted octanol–water partition coefficient (Wildman–Crippen LogP) is 4.52. The van der Waals surface area contributed by atoms with E-state index in [9.17, 15) is 18.0 Å². The Labute approximate surface area is 131 Å². The fraction of sp³-hybridized carbons (Fsp3) is 0.118. The molecule has 0 aliphatic rings. The first kappa shape index (κ1) is 16.6. The summed E-state index contributed by atoms with van der Waals surface area (Å²) in [4.78, 5) is 11.9. The molecule has 0 atom stereocenters. The number of nitrogens with one attached hydrogen (secondary N) is 1. The molecule has 2 aromatic rings. The second-order valence-corrected chi connectivity index (χ2v) is 4.65. The average molecular weight is 321 g/mol. The van der Waals surface area contributed by atoms with Crippen LogP contribution >= 0.6 is 0 Å². The second-order valence-electron chi connectivity index (χ2n) is 4.65. The maximum atomic E-state index is 12.6. The Morgan fingerprint density at radius 2 is 1.83 bits per heavy atom. The summed E-state index contributed by atoms with van der Waals surface area (Å²) in [5.41, 5.74) is -0.0520. The zero-order chi connectivity index (χ0) is 16.9. The Bertz CT molecular complexity index is 707. The Morgan fingerprint density at radius 3 is 2.43 bits per heavy atom. The summed E-state index contributed by atoms with van der Waals surface area (Å²) >= 11 is 0. The molecule has 23 heavy (non-hydrogen) atoms. The molecular weight excluding hydrogens is 307 g/mol. The number of allylic oxidation sites excluding steroid dienone is 1. The Balaban J connectivity index is 2.02. The maximum absolute atomic E-state index is 12.6. The van der Waals surface area contributed by atoms with Crippen molar-refractivity contribution in [1.29, 1.82) is 0 Å². The van der Waals surface area contributed by atoms with E-state index >= 15 is 0 Å². The normalized spacial score (nSPS) is 11.5. The molecule has 0 saturated carbocycles. The van der Waals surface area contributed by atoms with Crippen LogP contribution in [0, 0.1) is 0 Å². The van der Waals surface area contributed by atoms with Crippen molar-refractivity contribution in [3.05, 3.63) is 71.9 Å². The van der Waals surface area contributed by atoms with Crippen LogP contribution < -0.4 is 10.1 Å². The van der Waals surface area contributed by atoms with Crippen LogP contribution in [0.25, 0.3) is 0 Å². The lowest BCUT2D eigenvalue weighted by Gasteiger charge is -2.08. The van der Waals surface area contributed by atoms with Gasteiger partial charge < -0.3 is 10.1 Å². The first-order chi connectivity index (χ1) is 10.9. The third-order valence-corrected chi connectivity index (χ3v) is 3.05. The minimum absolute atomic E-state index is 0.249. The number of halogens is 3. The van der Waals surface area contributed by atoms with Crippen LogP contribution in [0.5, 0.6) is 5.75 Å². The van der Waals surface area contributed by atoms with Crippen molar-refractivity contribution in [2.45, 2.75) is 6.18 Å². The van der Waals surface area contributed by atoms with E-state index in [2.05, 4.69) is 5.32 Å². The molecule has 3 nitrogen and oxygen atoms in total. The molecule has 0 aromatic heterocycles. The lowest BCUT2D eigenvalue weighted by Crippen LogP contribution is -2.05. The third kappa shape index (κ3) is 4.60. The van der Waals surface area contributed by atoms with Crippen LogP contribution in [0.15, 0.2) is 60.8 Å². The molecule has 0 heterocycles. The molecule has 0 saturated heterocycles. The van der Waals surface area contributed by atoms with E-state index < -0.39 is 11.7 Å². The highest BCUT2D eigenvalue weighted by Gasteiger charge is 2.30. The number of hydrogen-bond acceptors (Lipinski definition) is 3. The van der Waals surface area contributed by atoms with E-state index in [0.717, 1.165) is 12.1 Å². The summed E-state index contributed by atoms with van der Waals surface area (Å²) in [5, 5.41) is 2.65. The molecule has 0 bridgehead atoms. The highest BCUT2D eigenvalue weighted by molar-refractivity contribution is 6.04. The Kier molecular flexibility index (Phi) is 5.05. The summed E-state index contributed by atoms with van der Waals surface area (Å²) in [7, 11) is 1.52. The van der Waals surface area contributed by atoms with Crippen molar-refractivity contribution >= 4 is 11.5 Å². The molecule has 0 aliphatic heterocycles. The largest absolute Gasteiger partial charge is 0.497 e. The van der Waals surface area contributed by atoms with Gasteiger partial charge in [0, 0.05) is 23.5 Å². The molecule has 0 aliphatic carbocycles. The van der Waals surface area contributed by atoms with Crippen LogP contribution in [0.3, 0.4) is 0 Å². The van der Waals surface area contributed by atoms with Gasteiger partial charge in [0.25, 0.3) is 0 Å². The highest BCUT2D eigenvalue weighted by atomic mass is 19.4. The number of rotatable bonds is 5. The van der Waals surface area contributed by atoms with E-state index in [4.69, 9.17) is 4.74 Å². The molecule has 0 spiro atoms. The molecule has 0 amide bonds. The van der Waals surface area contributed by atoms with Gasteiger partial charge in [0.2, 0.25) is 0 Å². The number of ether oxygens (including phenoxy) is 1. The third-order valence-electron chi connectivity index (χ3n) is 3.05. The summed E-state index contributed by atoms with van der Waals surface area (Å²) in [6.45, 7) is 0. The zero-order valence-corrected chi connectivity index (χ0v) is 12.2. The lowest BCUT2D eigenvalue weighted by molar-refractivity contribution is -0.137. The number of hydrogen-bond donors (Lipinski definition) is 1. The molecule has 0 fully saturated rings. The van der Waals surface area contributed by atoms with Gasteiger partial charge in [-0.1, -0.05) is 6.07 Å². The monoisotopic (exact) mass is 321 g/mol. The van der Waals surface area contributed by atoms with Gasteiger partial charge in [-0.3, -0.25) is 4.79 Å². The summed E-state index contributed by atoms with van der Waals surface area (Å²) in [6.07, 6.45) is -1.84. The van der Waals surface area contributed by atoms with Gasteiger partial charge in [0.1, 0.15) is 5.75 Å². The summed E-state index contributed by atoms with van der Waals surface area (Å²) in [5.74, 6) is 0.361. The van der Waals surface area contributed by atoms with E-state index in [1.165, 1.54) is 31.5 Å². The van der Waals surface area contributed by atoms with Crippen molar-refractivity contribution in [2.75, 3.05) is 12.4 Å². The quantitative estimate of drug-likeness (QED) is 0.650. The molecule has 0 unspecified atom stereocenters. The number of alkyl halides is 3. The summed E-state index contributed by atoms with van der Waals surface area (Å²) in [6, 6.07) is 11.3. The lowest BCUT2D eigenvalue weighted by atomic mass is 10.1. The Hall–Kier alpha value is -2.76. The van der Waals surface area contributed by atoms with Gasteiger partial charge in [-0.2, -0.15) is 13.2 Å². The number of methoxy groups -OCH3 is 1. The van der Waals surface area contributed by atoms with Crippen LogP contribution in [-0.4, -0.2) is 12.9 Å². The van der Waals surface area contributed by atoms with Crippen molar-refractivity contribution < 1.29 is 22.7 Å². The van der Waals surface area contributed by atoms with E-state index in [0.29, 0.717) is 11.3 Å². The molecule has 2 rings (SSSR count). The van der Waals surface area contributed by atoms with E-state index in [1.54, 1.807) is 24.3 Å². The van der Waals surface area contributed by atoms with E-state index in [-0.39, 0.29) is 11.5 Å². The smallest absolute Gasteiger partial charge is 0.416 e. The number of anilines is 1. The molecule has 6 heteroatoms. The standard InChI is InChI=1S/C17H14F3NO2/c1-23-15-7-5-12(6-8-15)16(22)9-10-21-14-4-2-3-13(11-14)17(18,19)20/h2-11,21H,1H3. The minimum Gasteiger partial charge on any atom is -0.497 e. The molecule has 2 aromatic carbocycles. The van der Waals surface area contributed by atoms with Crippen molar-refractivity contribution in [1.82, 2.24) is 0 Å². The van der Waals surface area contributed by atoms with Crippen molar-refractivity contribution in [3.63, 3.8) is 0 Å². The minimum atomic E-state index is -4.40. The van der Waals surface area contributed by atoms with Crippen molar-refractivity contribution in [2.24, 2.45) is 0 Å². The topological polar surface area (TPSA) is 38.3 Å². The first-order valence-corrected chi connectivity index (χ1v) is 6.69. The fourth-order valence-corrected chi connectivity index (χ4v) is 1.85. The van der Waals surface area contributed by atoms with Gasteiger partial charge in [0.15, 0.2) is 5.78 Å². The predicted molar refractivity (Wildman–Crippen MR) is 81.5 cm³/mol. The number of carbonyl (C=O) groups is 1. The summed E-state index contributed by atoms with van der Waals surface area (Å²) < 4.78 is 42.8. The van der Waals surface area contributed by atoms with Crippen LogP contribution in [-0.2, 0) is 6.18 Å². The number of benzene rings is 2. The fourth-order valence-electron chi connectivity index (χ4n) is 1.85. The van der Waals surface area contributed by atoms with Gasteiger partial charge in [-0.05, 0) is 42.5 Å². The average Bonchev–Trinajstić information content (AvgIpc) is 2.54. The molecular formula is C17H14F3NO2. The molecule has 1 N–H and O–H groups in total. The molecule has 120 valence electrons. The maximum Gasteiger partial charge on any atom is 0.416 e. The highest BCUT2D eigenvalue weighted by Crippen LogP contribution is 2.30. The zero-order valence-electron chi connectivity index (χ0n) is 12.2. The van der Waals surface area contributed by atoms with Crippen LogP contribution in [0.4, 0.5) is 18.9 Å². The number of carbonyl (C=O) groups excluding carboxylic acids is 1.